The third-order valence-corrected chi connectivity index (χ3v) is 7.11. The molecule has 38 heavy (non-hydrogen) atoms. The van der Waals surface area contributed by atoms with Crippen molar-refractivity contribution in [2.45, 2.75) is 13.8 Å². The third-order valence-electron chi connectivity index (χ3n) is 7.11. The Balaban J connectivity index is 0.000000127. The van der Waals surface area contributed by atoms with Crippen molar-refractivity contribution in [3.8, 4) is 22.8 Å². The Morgan fingerprint density at radius 3 is 1.39 bits per heavy atom. The van der Waals surface area contributed by atoms with Crippen LogP contribution in [0, 0.1) is 13.8 Å². The summed E-state index contributed by atoms with van der Waals surface area (Å²) in [6.45, 7) is 3.86. The first-order valence-electron chi connectivity index (χ1n) is 12.1. The number of hydrogen-bond acceptors (Lipinski definition) is 4. The SMILES string of the molecule is Cc1cc2n(c1)C(=O)c1c-2[nH]c2ccccc2c1=O.Cc1cc2n(c1)C(=O)c1c-2[nH]c2ccccc2c1=O. The lowest BCUT2D eigenvalue weighted by atomic mass is 10.1. The zero-order chi connectivity index (χ0) is 26.3. The van der Waals surface area contributed by atoms with Gasteiger partial charge in [-0.1, -0.05) is 24.3 Å². The molecule has 0 unspecified atom stereocenters. The van der Waals surface area contributed by atoms with Crippen molar-refractivity contribution < 1.29 is 9.59 Å². The second-order valence-electron chi connectivity index (χ2n) is 9.66. The van der Waals surface area contributed by atoms with E-state index in [1.807, 2.05) is 50.2 Å². The van der Waals surface area contributed by atoms with E-state index in [0.29, 0.717) is 22.2 Å². The molecule has 0 atom stereocenters. The summed E-state index contributed by atoms with van der Waals surface area (Å²) in [7, 11) is 0. The lowest BCUT2D eigenvalue weighted by Gasteiger charge is -2.02. The first kappa shape index (κ1) is 22.0. The maximum absolute atomic E-state index is 12.4. The van der Waals surface area contributed by atoms with Gasteiger partial charge in [0.15, 0.2) is 0 Å². The highest BCUT2D eigenvalue weighted by Gasteiger charge is 2.32. The quantitative estimate of drug-likeness (QED) is 0.317. The average molecular weight is 501 g/mol. The van der Waals surface area contributed by atoms with Gasteiger partial charge in [-0.15, -0.1) is 0 Å². The van der Waals surface area contributed by atoms with Crippen LogP contribution >= 0.6 is 0 Å². The molecule has 6 heterocycles. The maximum Gasteiger partial charge on any atom is 0.268 e. The molecule has 0 saturated heterocycles. The number of hydrogen-bond donors (Lipinski definition) is 2. The van der Waals surface area contributed by atoms with E-state index < -0.39 is 0 Å². The maximum atomic E-state index is 12.4. The Hall–Kier alpha value is -5.24. The Labute approximate surface area is 214 Å². The van der Waals surface area contributed by atoms with Crippen molar-refractivity contribution in [2.24, 2.45) is 0 Å². The molecular formula is C30H20N4O4. The number of aromatic amines is 2. The van der Waals surface area contributed by atoms with E-state index in [0.717, 1.165) is 33.5 Å². The van der Waals surface area contributed by atoms with Gasteiger partial charge in [-0.2, -0.15) is 0 Å². The molecule has 0 fully saturated rings. The van der Waals surface area contributed by atoms with Crippen LogP contribution in [0.2, 0.25) is 0 Å². The number of nitrogens with zero attached hydrogens (tertiary/aromatic N) is 2. The number of aryl methyl sites for hydroxylation is 2. The van der Waals surface area contributed by atoms with Gasteiger partial charge in [0.25, 0.3) is 11.8 Å². The van der Waals surface area contributed by atoms with Gasteiger partial charge >= 0.3 is 0 Å². The fourth-order valence-electron chi connectivity index (χ4n) is 5.42. The normalized spacial score (nSPS) is 12.8. The summed E-state index contributed by atoms with van der Waals surface area (Å²) < 4.78 is 3.08. The van der Waals surface area contributed by atoms with E-state index in [1.165, 1.54) is 9.13 Å². The number of nitrogens with one attached hydrogen (secondary N) is 2. The number of carbonyl (C=O) groups is 2. The molecule has 0 spiro atoms. The van der Waals surface area contributed by atoms with Crippen LogP contribution < -0.4 is 10.9 Å². The number of carbonyl (C=O) groups excluding carboxylic acids is 2. The molecule has 0 amide bonds. The van der Waals surface area contributed by atoms with Crippen molar-refractivity contribution in [1.29, 1.82) is 0 Å². The molecular weight excluding hydrogens is 480 g/mol. The van der Waals surface area contributed by atoms with E-state index in [4.69, 9.17) is 0 Å². The van der Waals surface area contributed by atoms with E-state index in [9.17, 15) is 19.2 Å². The molecule has 0 bridgehead atoms. The molecule has 2 N–H and O–H groups in total. The smallest absolute Gasteiger partial charge is 0.268 e. The van der Waals surface area contributed by atoms with Crippen LogP contribution in [0.1, 0.15) is 31.8 Å². The molecule has 8 heteroatoms. The van der Waals surface area contributed by atoms with Crippen LogP contribution in [-0.4, -0.2) is 30.9 Å². The Kier molecular flexibility index (Phi) is 4.42. The minimum atomic E-state index is -0.245. The van der Waals surface area contributed by atoms with Crippen molar-refractivity contribution in [1.82, 2.24) is 19.1 Å². The van der Waals surface area contributed by atoms with Gasteiger partial charge in [-0.05, 0) is 61.4 Å². The largest absolute Gasteiger partial charge is 0.352 e. The fourth-order valence-corrected chi connectivity index (χ4v) is 5.42. The number of para-hydroxylation sites is 2. The molecule has 8 rings (SSSR count). The number of aromatic nitrogens is 4. The van der Waals surface area contributed by atoms with Gasteiger partial charge in [-0.3, -0.25) is 28.3 Å². The number of fused-ring (bicyclic) bond motifs is 8. The Morgan fingerprint density at radius 2 is 0.974 bits per heavy atom. The Morgan fingerprint density at radius 1 is 0.579 bits per heavy atom. The fraction of sp³-hybridized carbons (Fsp3) is 0.0667. The molecule has 0 aliphatic carbocycles. The molecule has 4 aromatic heterocycles. The van der Waals surface area contributed by atoms with Crippen LogP contribution in [0.25, 0.3) is 44.6 Å². The van der Waals surface area contributed by atoms with Crippen LogP contribution in [0.3, 0.4) is 0 Å². The van der Waals surface area contributed by atoms with E-state index >= 15 is 0 Å². The zero-order valence-corrected chi connectivity index (χ0v) is 20.5. The molecule has 6 aromatic rings. The predicted octanol–water partition coefficient (Wildman–Crippen LogP) is 4.61. The number of rotatable bonds is 0. The highest BCUT2D eigenvalue weighted by atomic mass is 16.2. The number of pyridine rings is 2. The molecule has 0 radical (unpaired) electrons. The van der Waals surface area contributed by atoms with Gasteiger partial charge in [0.05, 0.1) is 22.8 Å². The Bertz CT molecular complexity index is 1980. The highest BCUT2D eigenvalue weighted by molar-refractivity contribution is 6.11. The summed E-state index contributed by atoms with van der Waals surface area (Å²) in [6, 6.07) is 18.3. The molecule has 0 saturated carbocycles. The summed E-state index contributed by atoms with van der Waals surface area (Å²) in [6.07, 6.45) is 3.52. The zero-order valence-electron chi connectivity index (χ0n) is 20.5. The van der Waals surface area contributed by atoms with Gasteiger partial charge in [0.1, 0.15) is 11.1 Å². The summed E-state index contributed by atoms with van der Waals surface area (Å²) in [5.74, 6) is -0.491. The second-order valence-corrected chi connectivity index (χ2v) is 9.66. The van der Waals surface area contributed by atoms with Gasteiger partial charge in [0, 0.05) is 34.2 Å². The van der Waals surface area contributed by atoms with Crippen molar-refractivity contribution in [3.05, 3.63) is 116 Å². The molecule has 2 aliphatic rings. The lowest BCUT2D eigenvalue weighted by molar-refractivity contribution is 0.0960. The van der Waals surface area contributed by atoms with Crippen LogP contribution in [0.15, 0.2) is 82.6 Å². The standard InChI is InChI=1S/2C15H10N2O2/c2*1-8-6-11-13-12(15(19)17(11)7-8)14(18)9-4-2-3-5-10(9)16-13/h2*2-7H,1H3,(H,16,18). The summed E-state index contributed by atoms with van der Waals surface area (Å²) >= 11 is 0. The summed E-state index contributed by atoms with van der Waals surface area (Å²) in [4.78, 5) is 55.9. The highest BCUT2D eigenvalue weighted by Crippen LogP contribution is 2.32. The van der Waals surface area contributed by atoms with Crippen LogP contribution in [0.5, 0.6) is 0 Å². The van der Waals surface area contributed by atoms with Crippen molar-refractivity contribution >= 4 is 33.6 Å². The molecule has 184 valence electrons. The van der Waals surface area contributed by atoms with E-state index in [2.05, 4.69) is 9.97 Å². The minimum absolute atomic E-state index is 0.198. The lowest BCUT2D eigenvalue weighted by Crippen LogP contribution is -2.17. The van der Waals surface area contributed by atoms with Crippen molar-refractivity contribution in [3.63, 3.8) is 0 Å². The average Bonchev–Trinajstić information content (AvgIpc) is 3.62. The number of benzene rings is 2. The van der Waals surface area contributed by atoms with Crippen LogP contribution in [0.4, 0.5) is 0 Å². The predicted molar refractivity (Wildman–Crippen MR) is 145 cm³/mol. The number of H-pyrrole nitrogens is 2. The van der Waals surface area contributed by atoms with Gasteiger partial charge in [0.2, 0.25) is 10.9 Å². The van der Waals surface area contributed by atoms with Gasteiger partial charge in [-0.25, -0.2) is 0 Å². The van der Waals surface area contributed by atoms with Crippen molar-refractivity contribution in [2.75, 3.05) is 0 Å². The van der Waals surface area contributed by atoms with E-state index in [-0.39, 0.29) is 33.8 Å². The second kappa shape index (κ2) is 7.63. The molecule has 8 nitrogen and oxygen atoms in total. The summed E-state index contributed by atoms with van der Waals surface area (Å²) in [5, 5.41) is 1.11. The molecule has 2 aliphatic heterocycles. The topological polar surface area (TPSA) is 110 Å². The monoisotopic (exact) mass is 500 g/mol. The molecule has 2 aromatic carbocycles. The van der Waals surface area contributed by atoms with Gasteiger partial charge < -0.3 is 9.97 Å². The van der Waals surface area contributed by atoms with Crippen LogP contribution in [-0.2, 0) is 0 Å². The van der Waals surface area contributed by atoms with E-state index in [1.54, 1.807) is 36.7 Å². The first-order chi connectivity index (χ1) is 18.3. The third kappa shape index (κ3) is 2.91. The first-order valence-corrected chi connectivity index (χ1v) is 12.1. The summed E-state index contributed by atoms with van der Waals surface area (Å²) in [5.41, 5.74) is 6.39. The minimum Gasteiger partial charge on any atom is -0.352 e.